The van der Waals surface area contributed by atoms with E-state index in [1.165, 1.54) is 0 Å². The zero-order valence-electron chi connectivity index (χ0n) is 10.2. The van der Waals surface area contributed by atoms with Gasteiger partial charge in [0, 0.05) is 29.0 Å². The van der Waals surface area contributed by atoms with Crippen LogP contribution in [-0.4, -0.2) is 10.1 Å². The van der Waals surface area contributed by atoms with E-state index in [0.29, 0.717) is 0 Å². The lowest BCUT2D eigenvalue weighted by Crippen LogP contribution is -1.94. The molecule has 0 fully saturated rings. The molecule has 1 aromatic heterocycles. The summed E-state index contributed by atoms with van der Waals surface area (Å²) in [5.41, 5.74) is 7.29. The monoisotopic (exact) mass is 251 g/mol. The predicted octanol–water partition coefficient (Wildman–Crippen LogP) is 3.27. The van der Waals surface area contributed by atoms with Crippen molar-refractivity contribution in [2.45, 2.75) is 0 Å². The van der Waals surface area contributed by atoms with Crippen molar-refractivity contribution in [3.8, 4) is 5.75 Å². The van der Waals surface area contributed by atoms with E-state index in [1.54, 1.807) is 24.4 Å². The van der Waals surface area contributed by atoms with Crippen LogP contribution in [-0.2, 0) is 0 Å². The maximum Gasteiger partial charge on any atom is 0.138 e. The molecule has 3 rings (SSSR count). The second-order valence-corrected chi connectivity index (χ2v) is 4.32. The highest BCUT2D eigenvalue weighted by Crippen LogP contribution is 2.26. The van der Waals surface area contributed by atoms with E-state index in [2.05, 4.69) is 10.3 Å². The lowest BCUT2D eigenvalue weighted by Gasteiger charge is -2.09. The molecule has 4 nitrogen and oxygen atoms in total. The van der Waals surface area contributed by atoms with Crippen LogP contribution in [0, 0.1) is 0 Å². The second kappa shape index (κ2) is 4.49. The van der Waals surface area contributed by atoms with E-state index in [1.807, 2.05) is 30.3 Å². The second-order valence-electron chi connectivity index (χ2n) is 4.32. The molecule has 0 amide bonds. The van der Waals surface area contributed by atoms with Crippen LogP contribution < -0.4 is 11.1 Å². The van der Waals surface area contributed by atoms with Crippen molar-refractivity contribution in [2.75, 3.05) is 11.1 Å². The third-order valence-corrected chi connectivity index (χ3v) is 2.90. The van der Waals surface area contributed by atoms with E-state index in [9.17, 15) is 5.11 Å². The highest BCUT2D eigenvalue weighted by Gasteiger charge is 2.03. The molecule has 1 heterocycles. The van der Waals surface area contributed by atoms with Crippen LogP contribution in [0.1, 0.15) is 0 Å². The molecule has 0 radical (unpaired) electrons. The third-order valence-electron chi connectivity index (χ3n) is 2.90. The Kier molecular flexibility index (Phi) is 2.68. The SMILES string of the molecule is Nc1ccc2c(Nc3cccc(O)c3)nccc2c1. The van der Waals surface area contributed by atoms with Crippen molar-refractivity contribution in [3.63, 3.8) is 0 Å². The number of nitrogens with two attached hydrogens (primary N) is 1. The number of benzene rings is 2. The standard InChI is InChI=1S/C15H13N3O/c16-11-4-5-14-10(8-11)6-7-17-15(14)18-12-2-1-3-13(19)9-12/h1-9,19H,16H2,(H,17,18). The number of pyridine rings is 1. The lowest BCUT2D eigenvalue weighted by molar-refractivity contribution is 0.475. The average Bonchev–Trinajstić information content (AvgIpc) is 2.38. The number of nitrogens with one attached hydrogen (secondary N) is 1. The third kappa shape index (κ3) is 2.28. The van der Waals surface area contributed by atoms with E-state index in [4.69, 9.17) is 5.73 Å². The normalized spacial score (nSPS) is 10.5. The summed E-state index contributed by atoms with van der Waals surface area (Å²) in [6, 6.07) is 14.5. The van der Waals surface area contributed by atoms with Gasteiger partial charge in [0.15, 0.2) is 0 Å². The van der Waals surface area contributed by atoms with Crippen LogP contribution in [0.3, 0.4) is 0 Å². The van der Waals surface area contributed by atoms with Crippen LogP contribution >= 0.6 is 0 Å². The van der Waals surface area contributed by atoms with Crippen LogP contribution in [0.5, 0.6) is 5.75 Å². The molecule has 0 atom stereocenters. The highest BCUT2D eigenvalue weighted by atomic mass is 16.3. The number of hydrogen-bond donors (Lipinski definition) is 3. The zero-order chi connectivity index (χ0) is 13.2. The molecule has 0 spiro atoms. The van der Waals surface area contributed by atoms with Gasteiger partial charge in [0.1, 0.15) is 11.6 Å². The molecule has 4 N–H and O–H groups in total. The average molecular weight is 251 g/mol. The topological polar surface area (TPSA) is 71.2 Å². The molecule has 0 unspecified atom stereocenters. The Morgan fingerprint density at radius 2 is 1.95 bits per heavy atom. The fourth-order valence-corrected chi connectivity index (χ4v) is 2.02. The van der Waals surface area contributed by atoms with E-state index < -0.39 is 0 Å². The summed E-state index contributed by atoms with van der Waals surface area (Å²) >= 11 is 0. The number of hydrogen-bond acceptors (Lipinski definition) is 4. The van der Waals surface area contributed by atoms with Crippen LogP contribution in [0.25, 0.3) is 10.8 Å². The number of fused-ring (bicyclic) bond motifs is 1. The summed E-state index contributed by atoms with van der Waals surface area (Å²) in [5.74, 6) is 0.956. The summed E-state index contributed by atoms with van der Waals surface area (Å²) in [5, 5.41) is 14.7. The van der Waals surface area contributed by atoms with Crippen molar-refractivity contribution in [3.05, 3.63) is 54.7 Å². The van der Waals surface area contributed by atoms with E-state index in [-0.39, 0.29) is 5.75 Å². The first kappa shape index (κ1) is 11.3. The number of phenols is 1. The molecule has 3 aromatic rings. The Labute approximate surface area is 110 Å². The van der Waals surface area contributed by atoms with Gasteiger partial charge in [0.25, 0.3) is 0 Å². The molecule has 0 aliphatic heterocycles. The van der Waals surface area contributed by atoms with E-state index in [0.717, 1.165) is 28.0 Å². The summed E-state index contributed by atoms with van der Waals surface area (Å²) < 4.78 is 0. The maximum absolute atomic E-state index is 9.46. The van der Waals surface area contributed by atoms with Crippen molar-refractivity contribution in [2.24, 2.45) is 0 Å². The van der Waals surface area contributed by atoms with Gasteiger partial charge in [-0.1, -0.05) is 6.07 Å². The van der Waals surface area contributed by atoms with Gasteiger partial charge in [-0.25, -0.2) is 4.98 Å². The maximum atomic E-state index is 9.46. The fraction of sp³-hybridized carbons (Fsp3) is 0. The van der Waals surface area contributed by atoms with Gasteiger partial charge in [0.2, 0.25) is 0 Å². The van der Waals surface area contributed by atoms with Gasteiger partial charge in [-0.05, 0) is 41.8 Å². The largest absolute Gasteiger partial charge is 0.508 e. The minimum absolute atomic E-state index is 0.217. The molecule has 0 saturated carbocycles. The molecule has 4 heteroatoms. The molecular formula is C15H13N3O. The Morgan fingerprint density at radius 1 is 1.05 bits per heavy atom. The highest BCUT2D eigenvalue weighted by molar-refractivity contribution is 5.94. The Balaban J connectivity index is 2.06. The molecule has 19 heavy (non-hydrogen) atoms. The van der Waals surface area contributed by atoms with Crippen molar-refractivity contribution in [1.82, 2.24) is 4.98 Å². The van der Waals surface area contributed by atoms with Crippen molar-refractivity contribution < 1.29 is 5.11 Å². The first-order valence-corrected chi connectivity index (χ1v) is 5.93. The molecule has 0 aliphatic rings. The number of anilines is 3. The predicted molar refractivity (Wildman–Crippen MR) is 77.5 cm³/mol. The van der Waals surface area contributed by atoms with Gasteiger partial charge >= 0.3 is 0 Å². The summed E-state index contributed by atoms with van der Waals surface area (Å²) in [7, 11) is 0. The van der Waals surface area contributed by atoms with Gasteiger partial charge < -0.3 is 16.2 Å². The molecule has 0 saturated heterocycles. The lowest BCUT2D eigenvalue weighted by atomic mass is 10.1. The summed E-state index contributed by atoms with van der Waals surface area (Å²) in [6.45, 7) is 0. The van der Waals surface area contributed by atoms with Crippen LogP contribution in [0.15, 0.2) is 54.7 Å². The Morgan fingerprint density at radius 3 is 2.79 bits per heavy atom. The molecule has 94 valence electrons. The van der Waals surface area contributed by atoms with Gasteiger partial charge in [-0.3, -0.25) is 0 Å². The number of nitrogens with zero attached hydrogens (tertiary/aromatic N) is 1. The van der Waals surface area contributed by atoms with Gasteiger partial charge in [-0.15, -0.1) is 0 Å². The molecular weight excluding hydrogens is 238 g/mol. The number of aromatic hydroxyl groups is 1. The van der Waals surface area contributed by atoms with Crippen LogP contribution in [0.4, 0.5) is 17.2 Å². The summed E-state index contributed by atoms with van der Waals surface area (Å²) in [4.78, 5) is 4.33. The zero-order valence-corrected chi connectivity index (χ0v) is 10.2. The first-order valence-electron chi connectivity index (χ1n) is 5.93. The number of aromatic nitrogens is 1. The smallest absolute Gasteiger partial charge is 0.138 e. The molecule has 0 bridgehead atoms. The first-order chi connectivity index (χ1) is 9.22. The minimum atomic E-state index is 0.217. The number of nitrogen functional groups attached to an aromatic ring is 1. The number of rotatable bonds is 2. The van der Waals surface area contributed by atoms with Crippen molar-refractivity contribution >= 4 is 28.0 Å². The van der Waals surface area contributed by atoms with Crippen LogP contribution in [0.2, 0.25) is 0 Å². The van der Waals surface area contributed by atoms with E-state index >= 15 is 0 Å². The Hall–Kier alpha value is -2.75. The van der Waals surface area contributed by atoms with Gasteiger partial charge in [-0.2, -0.15) is 0 Å². The minimum Gasteiger partial charge on any atom is -0.508 e. The fourth-order valence-electron chi connectivity index (χ4n) is 2.02. The quantitative estimate of drug-likeness (QED) is 0.611. The Bertz CT molecular complexity index is 740. The van der Waals surface area contributed by atoms with Crippen molar-refractivity contribution in [1.29, 1.82) is 0 Å². The molecule has 0 aliphatic carbocycles. The summed E-state index contributed by atoms with van der Waals surface area (Å²) in [6.07, 6.45) is 1.73. The van der Waals surface area contributed by atoms with Gasteiger partial charge in [0.05, 0.1) is 0 Å². The number of phenolic OH excluding ortho intramolecular Hbond substituents is 1. The molecule has 2 aromatic carbocycles.